The van der Waals surface area contributed by atoms with Crippen LogP contribution in [0.4, 0.5) is 79.6 Å². The third-order valence-corrected chi connectivity index (χ3v) is 17.1. The fourth-order valence-electron chi connectivity index (χ4n) is 8.91. The fraction of sp³-hybridized carbons (Fsp3) is 0.0615. The van der Waals surface area contributed by atoms with Crippen LogP contribution >= 0.6 is 0 Å². The number of fused-ring (bicyclic) bond motifs is 2. The molecular formula is C65H40N14Na10O27S5. The second-order valence-electron chi connectivity index (χ2n) is 21.0. The molecule has 121 heavy (non-hydrogen) atoms. The average molecular weight is 1840 g/mol. The van der Waals surface area contributed by atoms with Gasteiger partial charge in [-0.05, 0) is 108 Å². The smallest absolute Gasteiger partial charge is 0.744 e. The molecule has 0 atom stereocenters. The van der Waals surface area contributed by atoms with Crippen molar-refractivity contribution in [3.8, 4) is 11.5 Å². The summed E-state index contributed by atoms with van der Waals surface area (Å²) in [4.78, 5) is 66.9. The summed E-state index contributed by atoms with van der Waals surface area (Å²) >= 11 is 0. The number of benzene rings is 10. The Morgan fingerprint density at radius 1 is 0.380 bits per heavy atom. The van der Waals surface area contributed by atoms with Crippen LogP contribution < -0.4 is 317 Å². The van der Waals surface area contributed by atoms with Gasteiger partial charge in [0.05, 0.1) is 64.5 Å². The number of azo groups is 6. The number of phenols is 2. The second-order valence-corrected chi connectivity index (χ2v) is 26.8. The first-order chi connectivity index (χ1) is 52.1. The van der Waals surface area contributed by atoms with Crippen molar-refractivity contribution in [2.45, 2.75) is 47.3 Å². The minimum Gasteiger partial charge on any atom is -0.744 e. The molecule has 0 bridgehead atoms. The number of phenolic OH excluding ortho intramolecular Hbond substituents is 2. The molecule has 0 saturated heterocycles. The monoisotopic (exact) mass is 1840 g/mol. The van der Waals surface area contributed by atoms with E-state index in [1.165, 1.54) is 84.9 Å². The molecule has 0 saturated carbocycles. The molecule has 0 aliphatic carbocycles. The van der Waals surface area contributed by atoms with Gasteiger partial charge in [0, 0.05) is 22.7 Å². The van der Waals surface area contributed by atoms with Gasteiger partial charge in [-0.15, -0.1) is 57.3 Å². The van der Waals surface area contributed by atoms with E-state index in [1.807, 2.05) is 0 Å². The number of aryl methyl sites for hydroxylation is 4. The first kappa shape index (κ1) is 128. The minimum absolute atomic E-state index is 0. The van der Waals surface area contributed by atoms with Crippen molar-refractivity contribution in [3.63, 3.8) is 0 Å². The predicted octanol–water partition coefficient (Wildman–Crippen LogP) is -21.2. The Labute approximate surface area is 909 Å². The maximum atomic E-state index is 12.3. The molecule has 10 aromatic carbocycles. The van der Waals surface area contributed by atoms with Crippen LogP contribution in [-0.2, 0) is 79.8 Å². The molecule has 10 aromatic rings. The van der Waals surface area contributed by atoms with Crippen molar-refractivity contribution in [1.29, 1.82) is 0 Å². The molecule has 0 unspecified atom stereocenters. The molecule has 0 spiro atoms. The molecule has 6 N–H and O–H groups in total. The van der Waals surface area contributed by atoms with Crippen LogP contribution in [0.3, 0.4) is 0 Å². The number of nitrogen functional groups attached to an aromatic ring is 2. The molecular weight excluding hydrogens is 1800 g/mol. The van der Waals surface area contributed by atoms with E-state index in [9.17, 15) is 81.9 Å². The number of carboxylic acids is 2. The SMILES string of the molecule is Cc1c[c-]c(N=Nc2c(S(=O)(=O)[O-])cc3c(S(=O)(=O)[O-])cc(N=Nc4ccc(N=Nc5cc[c-]cc5C(=O)[O-])c(C)c4)c(N)c3c2O)cc1.Cc1c[c-]c(N=Nc2c(S(=O)(=O)[O-])cc3c(S(=O)(=O)[O-])cc(N=Nc4ccc(N=Nc5cc[c-]cc5C(=O)[O-])c(C)c4)c(N)c3c2O)cc1.O=C=O.O=C=O.O=C=O.O=S(=O)=O.[Na+].[Na+].[Na+].[Na+].[Na+].[Na+].[Na+].[Na+].[Na+].[Na+]. The first-order valence-corrected chi connectivity index (χ1v) is 35.6. The molecule has 0 aromatic heterocycles. The Kier molecular flexibility index (Phi) is 63.1. The third-order valence-electron chi connectivity index (χ3n) is 13.7. The number of anilines is 2. The molecule has 0 heterocycles. The summed E-state index contributed by atoms with van der Waals surface area (Å²) in [6, 6.07) is 39.6. The number of hydrogen-bond donors (Lipinski definition) is 4. The van der Waals surface area contributed by atoms with Crippen molar-refractivity contribution in [2.75, 3.05) is 11.5 Å². The number of aromatic hydroxyl groups is 2. The van der Waals surface area contributed by atoms with Crippen molar-refractivity contribution in [1.82, 2.24) is 0 Å². The van der Waals surface area contributed by atoms with Gasteiger partial charge >= 0.3 is 325 Å². The summed E-state index contributed by atoms with van der Waals surface area (Å²) in [5.41, 5.74) is 12.6. The Balaban J connectivity index is -0.000000445. The number of nitrogens with zero attached hydrogens (tertiary/aromatic N) is 12. The number of carboxylic acid groups (broad SMARTS) is 2. The largest absolute Gasteiger partial charge is 1.00 e. The van der Waals surface area contributed by atoms with Crippen LogP contribution in [0, 0.1) is 52.0 Å². The van der Waals surface area contributed by atoms with E-state index < -0.39 is 150 Å². The van der Waals surface area contributed by atoms with Gasteiger partial charge < -0.3 is 59.7 Å². The van der Waals surface area contributed by atoms with Gasteiger partial charge in [0.2, 0.25) is 0 Å². The van der Waals surface area contributed by atoms with Crippen molar-refractivity contribution in [3.05, 3.63) is 191 Å². The summed E-state index contributed by atoms with van der Waals surface area (Å²) in [6.45, 7) is 6.84. The van der Waals surface area contributed by atoms with Crippen molar-refractivity contribution in [2.24, 2.45) is 61.4 Å². The maximum absolute atomic E-state index is 12.3. The molecule has 0 amide bonds. The van der Waals surface area contributed by atoms with Gasteiger partial charge in [-0.2, -0.15) is 154 Å². The van der Waals surface area contributed by atoms with Gasteiger partial charge in [0.15, 0.2) is 11.5 Å². The number of aromatic carboxylic acids is 2. The third kappa shape index (κ3) is 38.4. The van der Waals surface area contributed by atoms with Gasteiger partial charge in [0.25, 0.3) is 0 Å². The predicted molar refractivity (Wildman–Crippen MR) is 363 cm³/mol. The van der Waals surface area contributed by atoms with Crippen LogP contribution in [-0.4, -0.2) is 105 Å². The van der Waals surface area contributed by atoms with Crippen LogP contribution in [0.15, 0.2) is 214 Å². The van der Waals surface area contributed by atoms with Crippen molar-refractivity contribution >= 4 is 183 Å². The Morgan fingerprint density at radius 2 is 0.661 bits per heavy atom. The molecule has 572 valence electrons. The molecule has 0 aliphatic heterocycles. The summed E-state index contributed by atoms with van der Waals surface area (Å²) in [7, 11) is -24.7. The molecule has 0 radical (unpaired) electrons. The topological polar surface area (TPSA) is 704 Å². The average Bonchev–Trinajstić information content (AvgIpc) is 0.740. The van der Waals surface area contributed by atoms with E-state index in [2.05, 4.69) is 85.6 Å². The quantitative estimate of drug-likeness (QED) is 0.0204. The summed E-state index contributed by atoms with van der Waals surface area (Å²) < 4.78 is 172. The Morgan fingerprint density at radius 3 is 0.917 bits per heavy atom. The standard InChI is InChI=1S/2C31H23N7O9S2.3CO2.10Na.O3S/c2*1-16-7-9-18(10-8-16)33-38-29-26(49(45,46)47)14-21-25(48(42,43)44)15-24(28(32)27(21)30(29)39)37-34-19-11-12-22(17(2)13-19)35-36-23-6-4-3-5-20(23)31(40)41;3*2-1-3;;;;;;;;;;;1-4(2)3/h2*4-9,11-15,39H,32H2,1-2H3,(H,40,41)(H,42,43,44)(H,45,46,47);;;;;;;;;;;;;;/q2*-2;;;;10*+1;/p-6. The number of nitrogens with two attached hydrogens (primary N) is 2. The van der Waals surface area contributed by atoms with Crippen LogP contribution in [0.5, 0.6) is 11.5 Å². The zero-order valence-corrected chi connectivity index (χ0v) is 89.9. The van der Waals surface area contributed by atoms with E-state index in [0.717, 1.165) is 11.1 Å². The van der Waals surface area contributed by atoms with E-state index in [4.69, 9.17) is 52.9 Å². The van der Waals surface area contributed by atoms with Crippen LogP contribution in [0.2, 0.25) is 0 Å². The zero-order chi connectivity index (χ0) is 83.0. The summed E-state index contributed by atoms with van der Waals surface area (Å²) in [5, 5.41) is 89.6. The number of carbonyl (C=O) groups excluding carboxylic acids is 8. The van der Waals surface area contributed by atoms with Gasteiger partial charge in [-0.3, -0.25) is 0 Å². The molecule has 0 fully saturated rings. The maximum Gasteiger partial charge on any atom is 1.00 e. The minimum atomic E-state index is -5.42. The van der Waals surface area contributed by atoms with Crippen molar-refractivity contribution < 1.29 is 419 Å². The molecule has 56 heteroatoms. The van der Waals surface area contributed by atoms with E-state index in [0.29, 0.717) is 46.8 Å². The van der Waals surface area contributed by atoms with E-state index in [1.54, 1.807) is 52.0 Å². The zero-order valence-electron chi connectivity index (χ0n) is 65.9. The summed E-state index contributed by atoms with van der Waals surface area (Å²) in [6.07, 6.45) is 0.750. The molecule has 41 nitrogen and oxygen atoms in total. The van der Waals surface area contributed by atoms with Gasteiger partial charge in [0.1, 0.15) is 63.2 Å². The molecule has 0 aliphatic rings. The fourth-order valence-corrected chi connectivity index (χ4v) is 11.6. The Hall–Kier alpha value is -4.14. The van der Waals surface area contributed by atoms with Gasteiger partial charge in [-0.1, -0.05) is 25.0 Å². The van der Waals surface area contributed by atoms with Crippen LogP contribution in [0.1, 0.15) is 43.0 Å². The first-order valence-electron chi connectivity index (χ1n) is 29.0. The van der Waals surface area contributed by atoms with E-state index in [-0.39, 0.29) is 359 Å². The number of rotatable bonds is 18. The Bertz CT molecular complexity index is 5900. The van der Waals surface area contributed by atoms with Crippen LogP contribution in [0.25, 0.3) is 21.5 Å². The second kappa shape index (κ2) is 59.8. The molecule has 10 rings (SSSR count). The van der Waals surface area contributed by atoms with E-state index >= 15 is 0 Å². The van der Waals surface area contributed by atoms with Gasteiger partial charge in [-0.25, -0.2) is 33.7 Å². The summed E-state index contributed by atoms with van der Waals surface area (Å²) in [5.74, 6) is -5.04. The normalized spacial score (nSPS) is 10.5. The number of hydrogen-bond acceptors (Lipinski definition) is 41. The number of carbonyl (C=O) groups is 2.